The van der Waals surface area contributed by atoms with Crippen molar-refractivity contribution in [1.29, 1.82) is 0 Å². The van der Waals surface area contributed by atoms with E-state index in [9.17, 15) is 4.79 Å². The van der Waals surface area contributed by atoms with Crippen molar-refractivity contribution in [2.45, 2.75) is 40.3 Å². The highest BCUT2D eigenvalue weighted by atomic mass is 32.1. The van der Waals surface area contributed by atoms with E-state index in [-0.39, 0.29) is 5.91 Å². The SMILES string of the molecule is CCn1nc(-c2ncc(C)o2)c2c1CCN(C(=O)c1ccc(C)s1)C2. The number of hydrogen-bond donors (Lipinski definition) is 0. The second-order valence-corrected chi connectivity index (χ2v) is 7.54. The van der Waals surface area contributed by atoms with Crippen LogP contribution in [0.25, 0.3) is 11.6 Å². The van der Waals surface area contributed by atoms with E-state index in [0.29, 0.717) is 19.0 Å². The van der Waals surface area contributed by atoms with Crippen LogP contribution in [0.15, 0.2) is 22.7 Å². The molecule has 0 unspecified atom stereocenters. The topological polar surface area (TPSA) is 64.2 Å². The number of carbonyl (C=O) groups is 1. The maximum absolute atomic E-state index is 12.8. The lowest BCUT2D eigenvalue weighted by Gasteiger charge is -2.27. The average Bonchev–Trinajstić information content (AvgIpc) is 3.31. The van der Waals surface area contributed by atoms with Gasteiger partial charge >= 0.3 is 0 Å². The monoisotopic (exact) mass is 356 g/mol. The number of thiophene rings is 1. The van der Waals surface area contributed by atoms with E-state index in [1.165, 1.54) is 5.69 Å². The van der Waals surface area contributed by atoms with Crippen LogP contribution in [0.1, 0.15) is 38.5 Å². The van der Waals surface area contributed by atoms with Gasteiger partial charge in [-0.25, -0.2) is 4.98 Å². The normalized spacial score (nSPS) is 14.0. The van der Waals surface area contributed by atoms with Gasteiger partial charge in [-0.05, 0) is 32.9 Å². The zero-order chi connectivity index (χ0) is 17.6. The highest BCUT2D eigenvalue weighted by Gasteiger charge is 2.30. The Morgan fingerprint density at radius 2 is 2.20 bits per heavy atom. The number of amides is 1. The molecule has 0 saturated heterocycles. The summed E-state index contributed by atoms with van der Waals surface area (Å²) in [5, 5.41) is 4.69. The van der Waals surface area contributed by atoms with Crippen LogP contribution in [0.5, 0.6) is 0 Å². The van der Waals surface area contributed by atoms with Crippen LogP contribution in [0, 0.1) is 13.8 Å². The van der Waals surface area contributed by atoms with Gasteiger partial charge < -0.3 is 9.32 Å². The number of oxazole rings is 1. The molecule has 0 atom stereocenters. The Morgan fingerprint density at radius 1 is 1.36 bits per heavy atom. The van der Waals surface area contributed by atoms with Crippen molar-refractivity contribution in [2.24, 2.45) is 0 Å². The van der Waals surface area contributed by atoms with E-state index in [2.05, 4.69) is 17.0 Å². The third-order valence-electron chi connectivity index (χ3n) is 4.50. The number of fused-ring (bicyclic) bond motifs is 1. The standard InChI is InChI=1S/C18H20N4O2S/c1-4-22-14-7-8-21(18(23)15-6-5-12(3)25-15)10-13(14)16(20-22)17-19-9-11(2)24-17/h5-6,9H,4,7-8,10H2,1-3H3. The van der Waals surface area contributed by atoms with Crippen molar-refractivity contribution in [1.82, 2.24) is 19.7 Å². The van der Waals surface area contributed by atoms with Gasteiger partial charge in [0.05, 0.1) is 17.6 Å². The van der Waals surface area contributed by atoms with Crippen molar-refractivity contribution in [3.05, 3.63) is 45.1 Å². The van der Waals surface area contributed by atoms with E-state index in [1.807, 2.05) is 35.6 Å². The van der Waals surface area contributed by atoms with E-state index >= 15 is 0 Å². The molecule has 1 aliphatic heterocycles. The predicted octanol–water partition coefficient (Wildman–Crippen LogP) is 3.43. The highest BCUT2D eigenvalue weighted by molar-refractivity contribution is 7.13. The van der Waals surface area contributed by atoms with Gasteiger partial charge in [-0.3, -0.25) is 9.48 Å². The molecule has 0 aromatic carbocycles. The number of hydrogen-bond acceptors (Lipinski definition) is 5. The van der Waals surface area contributed by atoms with Gasteiger partial charge in [0.1, 0.15) is 5.76 Å². The Morgan fingerprint density at radius 3 is 2.84 bits per heavy atom. The van der Waals surface area contributed by atoms with Crippen molar-refractivity contribution < 1.29 is 9.21 Å². The van der Waals surface area contributed by atoms with Crippen LogP contribution in [0.4, 0.5) is 0 Å². The summed E-state index contributed by atoms with van der Waals surface area (Å²) in [5.74, 6) is 1.37. The number of nitrogens with zero attached hydrogens (tertiary/aromatic N) is 4. The molecule has 3 aromatic heterocycles. The Balaban J connectivity index is 1.70. The van der Waals surface area contributed by atoms with Crippen LogP contribution in [-0.2, 0) is 19.5 Å². The lowest BCUT2D eigenvalue weighted by molar-refractivity contribution is 0.0738. The number of aromatic nitrogens is 3. The minimum Gasteiger partial charge on any atom is -0.440 e. The molecule has 0 saturated carbocycles. The van der Waals surface area contributed by atoms with Crippen LogP contribution in [0.3, 0.4) is 0 Å². The second kappa shape index (κ2) is 6.15. The zero-order valence-corrected chi connectivity index (χ0v) is 15.4. The Bertz CT molecular complexity index is 937. The van der Waals surface area contributed by atoms with Crippen molar-refractivity contribution in [3.63, 3.8) is 0 Å². The van der Waals surface area contributed by atoms with E-state index < -0.39 is 0 Å². The maximum Gasteiger partial charge on any atom is 0.264 e. The molecule has 4 heterocycles. The number of carbonyl (C=O) groups excluding carboxylic acids is 1. The molecule has 1 amide bonds. The van der Waals surface area contributed by atoms with Gasteiger partial charge in [-0.15, -0.1) is 11.3 Å². The lowest BCUT2D eigenvalue weighted by atomic mass is 10.0. The summed E-state index contributed by atoms with van der Waals surface area (Å²) in [5.41, 5.74) is 2.99. The molecule has 0 spiro atoms. The molecular formula is C18H20N4O2S. The summed E-state index contributed by atoms with van der Waals surface area (Å²) >= 11 is 1.54. The number of rotatable bonds is 3. The Kier molecular flexibility index (Phi) is 3.95. The van der Waals surface area contributed by atoms with Gasteiger partial charge in [0.25, 0.3) is 5.91 Å². The smallest absolute Gasteiger partial charge is 0.264 e. The first kappa shape index (κ1) is 16.1. The Labute approximate surface area is 150 Å². The Hall–Kier alpha value is -2.41. The summed E-state index contributed by atoms with van der Waals surface area (Å²) in [4.78, 5) is 21.0. The minimum absolute atomic E-state index is 0.0857. The fraction of sp³-hybridized carbons (Fsp3) is 0.389. The third kappa shape index (κ3) is 2.78. The molecule has 4 rings (SSSR count). The van der Waals surface area contributed by atoms with Crippen molar-refractivity contribution in [2.75, 3.05) is 6.54 Å². The molecule has 0 N–H and O–H groups in total. The molecular weight excluding hydrogens is 336 g/mol. The third-order valence-corrected chi connectivity index (χ3v) is 5.48. The molecule has 1 aliphatic rings. The first-order valence-corrected chi connectivity index (χ1v) is 9.25. The number of aryl methyl sites for hydroxylation is 3. The van der Waals surface area contributed by atoms with Crippen LogP contribution in [-0.4, -0.2) is 32.1 Å². The van der Waals surface area contributed by atoms with Crippen molar-refractivity contribution >= 4 is 17.2 Å². The molecule has 0 fully saturated rings. The summed E-state index contributed by atoms with van der Waals surface area (Å²) in [6.45, 7) is 8.00. The van der Waals surface area contributed by atoms with E-state index in [1.54, 1.807) is 17.5 Å². The molecule has 0 aliphatic carbocycles. The van der Waals surface area contributed by atoms with Gasteiger partial charge in [0.2, 0.25) is 5.89 Å². The largest absolute Gasteiger partial charge is 0.440 e. The van der Waals surface area contributed by atoms with Crippen LogP contribution < -0.4 is 0 Å². The molecule has 25 heavy (non-hydrogen) atoms. The predicted molar refractivity (Wildman–Crippen MR) is 95.6 cm³/mol. The zero-order valence-electron chi connectivity index (χ0n) is 14.6. The first-order chi connectivity index (χ1) is 12.1. The van der Waals surface area contributed by atoms with Crippen LogP contribution in [0.2, 0.25) is 0 Å². The molecule has 0 radical (unpaired) electrons. The summed E-state index contributed by atoms with van der Waals surface area (Å²) < 4.78 is 7.69. The summed E-state index contributed by atoms with van der Waals surface area (Å²) in [6, 6.07) is 3.90. The molecule has 6 nitrogen and oxygen atoms in total. The lowest BCUT2D eigenvalue weighted by Crippen LogP contribution is -2.36. The van der Waals surface area contributed by atoms with Gasteiger partial charge in [-0.1, -0.05) is 0 Å². The fourth-order valence-corrected chi connectivity index (χ4v) is 4.10. The van der Waals surface area contributed by atoms with Crippen molar-refractivity contribution in [3.8, 4) is 11.6 Å². The van der Waals surface area contributed by atoms with E-state index in [4.69, 9.17) is 4.42 Å². The van der Waals surface area contributed by atoms with Gasteiger partial charge in [0.15, 0.2) is 5.69 Å². The van der Waals surface area contributed by atoms with Gasteiger partial charge in [0, 0.05) is 35.6 Å². The molecule has 0 bridgehead atoms. The molecule has 7 heteroatoms. The molecule has 130 valence electrons. The quantitative estimate of drug-likeness (QED) is 0.721. The second-order valence-electron chi connectivity index (χ2n) is 6.25. The summed E-state index contributed by atoms with van der Waals surface area (Å²) in [7, 11) is 0. The van der Waals surface area contributed by atoms with Crippen LogP contribution >= 0.6 is 11.3 Å². The average molecular weight is 356 g/mol. The maximum atomic E-state index is 12.8. The summed E-state index contributed by atoms with van der Waals surface area (Å²) in [6.07, 6.45) is 2.50. The van der Waals surface area contributed by atoms with E-state index in [0.717, 1.165) is 39.7 Å². The highest BCUT2D eigenvalue weighted by Crippen LogP contribution is 2.31. The first-order valence-electron chi connectivity index (χ1n) is 8.44. The molecule has 3 aromatic rings. The van der Waals surface area contributed by atoms with Gasteiger partial charge in [-0.2, -0.15) is 5.10 Å². The fourth-order valence-electron chi connectivity index (χ4n) is 3.27. The minimum atomic E-state index is 0.0857.